The van der Waals surface area contributed by atoms with Crippen molar-refractivity contribution < 1.29 is 13.5 Å². The van der Waals surface area contributed by atoms with Gasteiger partial charge in [-0.1, -0.05) is 0 Å². The maximum absolute atomic E-state index is 13.4. The molecule has 0 saturated carbocycles. The highest BCUT2D eigenvalue weighted by Crippen LogP contribution is 2.25. The molecule has 0 radical (unpaired) electrons. The molecule has 3 N–H and O–H groups in total. The molecule has 1 unspecified atom stereocenters. The second kappa shape index (κ2) is 5.65. The van der Waals surface area contributed by atoms with E-state index in [1.54, 1.807) is 6.92 Å². The van der Waals surface area contributed by atoms with Gasteiger partial charge in [0.05, 0.1) is 18.0 Å². The van der Waals surface area contributed by atoms with Crippen molar-refractivity contribution in [2.75, 3.05) is 24.3 Å². The summed E-state index contributed by atoms with van der Waals surface area (Å²) in [4.78, 5) is 0. The van der Waals surface area contributed by atoms with Crippen LogP contribution in [0.1, 0.15) is 13.8 Å². The van der Waals surface area contributed by atoms with Crippen molar-refractivity contribution in [1.82, 2.24) is 0 Å². The molecular weight excluding hydrogens is 214 g/mol. The third-order valence-electron chi connectivity index (χ3n) is 2.09. The average molecular weight is 230 g/mol. The molecule has 1 rings (SSSR count). The van der Waals surface area contributed by atoms with E-state index in [4.69, 9.17) is 10.5 Å². The van der Waals surface area contributed by atoms with E-state index in [9.17, 15) is 8.78 Å². The predicted octanol–water partition coefficient (Wildman–Crippen LogP) is 2.38. The summed E-state index contributed by atoms with van der Waals surface area (Å²) in [6, 6.07) is 2.19. The highest BCUT2D eigenvalue weighted by Gasteiger charge is 2.13. The fourth-order valence-electron chi connectivity index (χ4n) is 1.29. The largest absolute Gasteiger partial charge is 0.397 e. The fourth-order valence-corrected chi connectivity index (χ4v) is 1.29. The zero-order valence-electron chi connectivity index (χ0n) is 9.39. The molecule has 0 heterocycles. The lowest BCUT2D eigenvalue weighted by atomic mass is 10.2. The molecule has 0 aliphatic rings. The molecule has 1 aromatic carbocycles. The van der Waals surface area contributed by atoms with Crippen molar-refractivity contribution >= 4 is 11.4 Å². The van der Waals surface area contributed by atoms with Crippen LogP contribution in [0.5, 0.6) is 0 Å². The zero-order chi connectivity index (χ0) is 12.1. The van der Waals surface area contributed by atoms with E-state index in [0.29, 0.717) is 13.2 Å². The van der Waals surface area contributed by atoms with Crippen molar-refractivity contribution in [3.63, 3.8) is 0 Å². The van der Waals surface area contributed by atoms with Gasteiger partial charge in [0.15, 0.2) is 11.6 Å². The van der Waals surface area contributed by atoms with Gasteiger partial charge in [-0.2, -0.15) is 0 Å². The molecule has 1 aromatic rings. The lowest BCUT2D eigenvalue weighted by molar-refractivity contribution is 0.141. The Morgan fingerprint density at radius 3 is 2.75 bits per heavy atom. The number of nitrogens with one attached hydrogen (secondary N) is 1. The van der Waals surface area contributed by atoms with Crippen LogP contribution in [0.4, 0.5) is 20.2 Å². The van der Waals surface area contributed by atoms with Gasteiger partial charge in [-0.3, -0.25) is 0 Å². The first-order valence-electron chi connectivity index (χ1n) is 5.14. The smallest absolute Gasteiger partial charge is 0.183 e. The zero-order valence-corrected chi connectivity index (χ0v) is 9.39. The third-order valence-corrected chi connectivity index (χ3v) is 2.09. The second-order valence-electron chi connectivity index (χ2n) is 3.53. The molecule has 0 aliphatic carbocycles. The van der Waals surface area contributed by atoms with E-state index in [1.165, 1.54) is 6.07 Å². The van der Waals surface area contributed by atoms with E-state index in [1.807, 2.05) is 6.92 Å². The van der Waals surface area contributed by atoms with Crippen LogP contribution in [0.2, 0.25) is 0 Å². The van der Waals surface area contributed by atoms with E-state index in [-0.39, 0.29) is 17.4 Å². The summed E-state index contributed by atoms with van der Waals surface area (Å²) in [5.41, 5.74) is 5.73. The van der Waals surface area contributed by atoms with Crippen molar-refractivity contribution in [1.29, 1.82) is 0 Å². The maximum Gasteiger partial charge on any atom is 0.183 e. The van der Waals surface area contributed by atoms with Crippen LogP contribution >= 0.6 is 0 Å². The predicted molar refractivity (Wildman–Crippen MR) is 60.3 cm³/mol. The molecule has 5 heteroatoms. The van der Waals surface area contributed by atoms with E-state index in [0.717, 1.165) is 6.07 Å². The van der Waals surface area contributed by atoms with Crippen LogP contribution in [-0.2, 0) is 4.74 Å². The molecule has 1 atom stereocenters. The summed E-state index contributed by atoms with van der Waals surface area (Å²) in [5.74, 6) is -1.87. The Labute approximate surface area is 93.6 Å². The monoisotopic (exact) mass is 230 g/mol. The van der Waals surface area contributed by atoms with E-state index < -0.39 is 11.6 Å². The normalized spacial score (nSPS) is 12.5. The summed E-state index contributed by atoms with van der Waals surface area (Å²) in [6.45, 7) is 4.66. The number of benzene rings is 1. The van der Waals surface area contributed by atoms with Crippen molar-refractivity contribution in [3.8, 4) is 0 Å². The highest BCUT2D eigenvalue weighted by molar-refractivity contribution is 5.67. The van der Waals surface area contributed by atoms with Gasteiger partial charge in [-0.05, 0) is 26.0 Å². The Morgan fingerprint density at radius 1 is 1.44 bits per heavy atom. The SMILES string of the molecule is CCOCC(C)Nc1c(N)ccc(F)c1F. The maximum atomic E-state index is 13.4. The molecule has 16 heavy (non-hydrogen) atoms. The minimum Gasteiger partial charge on any atom is -0.397 e. The topological polar surface area (TPSA) is 47.3 Å². The van der Waals surface area contributed by atoms with Gasteiger partial charge in [-0.15, -0.1) is 0 Å². The Morgan fingerprint density at radius 2 is 2.12 bits per heavy atom. The van der Waals surface area contributed by atoms with Crippen LogP contribution < -0.4 is 11.1 Å². The molecule has 0 saturated heterocycles. The van der Waals surface area contributed by atoms with Crippen LogP contribution in [-0.4, -0.2) is 19.3 Å². The summed E-state index contributed by atoms with van der Waals surface area (Å²) in [5, 5.41) is 2.79. The minimum absolute atomic E-state index is 0.00722. The van der Waals surface area contributed by atoms with Crippen LogP contribution in [0.3, 0.4) is 0 Å². The summed E-state index contributed by atoms with van der Waals surface area (Å²) < 4.78 is 31.5. The van der Waals surface area contributed by atoms with Crippen molar-refractivity contribution in [2.24, 2.45) is 0 Å². The molecule has 0 spiro atoms. The second-order valence-corrected chi connectivity index (χ2v) is 3.53. The molecule has 0 bridgehead atoms. The lowest BCUT2D eigenvalue weighted by Gasteiger charge is -2.17. The van der Waals surface area contributed by atoms with Gasteiger partial charge in [0.25, 0.3) is 0 Å². The molecule has 0 aromatic heterocycles. The van der Waals surface area contributed by atoms with Crippen LogP contribution in [0.25, 0.3) is 0 Å². The summed E-state index contributed by atoms with van der Waals surface area (Å²) in [7, 11) is 0. The Kier molecular flexibility index (Phi) is 4.49. The van der Waals surface area contributed by atoms with E-state index >= 15 is 0 Å². The standard InChI is InChI=1S/C11H16F2N2O/c1-3-16-6-7(2)15-11-9(14)5-4-8(12)10(11)13/h4-5,7,15H,3,6,14H2,1-2H3. The van der Waals surface area contributed by atoms with Crippen molar-refractivity contribution in [2.45, 2.75) is 19.9 Å². The lowest BCUT2D eigenvalue weighted by Crippen LogP contribution is -2.23. The van der Waals surface area contributed by atoms with Gasteiger partial charge in [0, 0.05) is 12.6 Å². The first kappa shape index (κ1) is 12.7. The number of rotatable bonds is 5. The Balaban J connectivity index is 2.76. The van der Waals surface area contributed by atoms with Gasteiger partial charge >= 0.3 is 0 Å². The minimum atomic E-state index is -0.955. The number of hydrogen-bond acceptors (Lipinski definition) is 3. The summed E-state index contributed by atoms with van der Waals surface area (Å²) in [6.07, 6.45) is 0. The van der Waals surface area contributed by atoms with Gasteiger partial charge in [-0.25, -0.2) is 8.78 Å². The fraction of sp³-hybridized carbons (Fsp3) is 0.455. The number of nitrogens with two attached hydrogens (primary N) is 1. The van der Waals surface area contributed by atoms with Gasteiger partial charge in [0.1, 0.15) is 0 Å². The molecule has 0 fully saturated rings. The number of hydrogen-bond donors (Lipinski definition) is 2. The number of nitrogen functional groups attached to an aromatic ring is 1. The van der Waals surface area contributed by atoms with Crippen molar-refractivity contribution in [3.05, 3.63) is 23.8 Å². The molecule has 0 aliphatic heterocycles. The highest BCUT2D eigenvalue weighted by atomic mass is 19.2. The Bertz CT molecular complexity index is 358. The Hall–Kier alpha value is -1.36. The number of ether oxygens (including phenoxy) is 1. The first-order valence-corrected chi connectivity index (χ1v) is 5.14. The summed E-state index contributed by atoms with van der Waals surface area (Å²) >= 11 is 0. The molecule has 0 amide bonds. The average Bonchev–Trinajstić information content (AvgIpc) is 2.27. The molecular formula is C11H16F2N2O. The van der Waals surface area contributed by atoms with Crippen LogP contribution in [0.15, 0.2) is 12.1 Å². The third kappa shape index (κ3) is 3.06. The number of halogens is 2. The van der Waals surface area contributed by atoms with E-state index in [2.05, 4.69) is 5.32 Å². The molecule has 3 nitrogen and oxygen atoms in total. The quantitative estimate of drug-likeness (QED) is 0.763. The van der Waals surface area contributed by atoms with Gasteiger partial charge in [0.2, 0.25) is 0 Å². The first-order chi connectivity index (χ1) is 7.56. The number of anilines is 2. The van der Waals surface area contributed by atoms with Gasteiger partial charge < -0.3 is 15.8 Å². The van der Waals surface area contributed by atoms with Crippen LogP contribution in [0, 0.1) is 11.6 Å². The molecule has 90 valence electrons.